The van der Waals surface area contributed by atoms with Gasteiger partial charge in [-0.3, -0.25) is 0 Å². The first-order chi connectivity index (χ1) is 28.8. The topological polar surface area (TPSA) is 18.2 Å². The first-order valence-corrected chi connectivity index (χ1v) is 20.6. The maximum atomic E-state index is 2.63. The molecule has 7 aromatic heterocycles. The molecule has 8 heterocycles. The van der Waals surface area contributed by atoms with Gasteiger partial charge in [0.05, 0.1) is 55.2 Å². The smallest absolute Gasteiger partial charge is 0.0789 e. The second kappa shape index (κ2) is 8.86. The lowest BCUT2D eigenvalue weighted by atomic mass is 9.87. The molecule has 58 heavy (non-hydrogen) atoms. The number of fused-ring (bicyclic) bond motifs is 26. The minimum Gasteiger partial charge on any atom is -0.310 e. The van der Waals surface area contributed by atoms with Crippen molar-refractivity contribution < 1.29 is 0 Å². The van der Waals surface area contributed by atoms with Crippen LogP contribution in [0.3, 0.4) is 0 Å². The van der Waals surface area contributed by atoms with Crippen LogP contribution in [-0.4, -0.2) is 17.8 Å². The van der Waals surface area contributed by atoms with Crippen molar-refractivity contribution in [2.45, 2.75) is 12.3 Å². The Bertz CT molecular complexity index is 4460. The molecule has 17 rings (SSSR count). The van der Waals surface area contributed by atoms with Crippen LogP contribution in [0.2, 0.25) is 0 Å². The number of rotatable bonds is 0. The fourth-order valence-electron chi connectivity index (χ4n) is 12.8. The van der Waals surface area contributed by atoms with Crippen molar-refractivity contribution in [3.05, 3.63) is 162 Å². The second-order valence-electron chi connectivity index (χ2n) is 17.1. The minimum atomic E-state index is 0.396. The lowest BCUT2D eigenvalue weighted by molar-refractivity contribution is 0.820. The Hall–Kier alpha value is -7.56. The zero-order valence-corrected chi connectivity index (χ0v) is 31.0. The minimum absolute atomic E-state index is 0.396. The van der Waals surface area contributed by atoms with E-state index >= 15 is 0 Å². The number of para-hydroxylation sites is 5. The van der Waals surface area contributed by atoms with Gasteiger partial charge in [-0.25, -0.2) is 0 Å². The van der Waals surface area contributed by atoms with Gasteiger partial charge in [0.25, 0.3) is 0 Å². The van der Waals surface area contributed by atoms with Crippen molar-refractivity contribution in [2.75, 3.05) is 0 Å². The lowest BCUT2D eigenvalue weighted by Gasteiger charge is -2.14. The molecule has 4 nitrogen and oxygen atoms in total. The summed E-state index contributed by atoms with van der Waals surface area (Å²) in [6, 6.07) is 53.4. The van der Waals surface area contributed by atoms with Gasteiger partial charge < -0.3 is 17.8 Å². The summed E-state index contributed by atoms with van der Waals surface area (Å²) in [6.45, 7) is 0. The molecule has 0 bridgehead atoms. The molecule has 0 radical (unpaired) electrons. The van der Waals surface area contributed by atoms with Crippen molar-refractivity contribution in [1.29, 1.82) is 0 Å². The number of nitrogens with zero attached hydrogens (tertiary/aromatic N) is 4. The van der Waals surface area contributed by atoms with Crippen molar-refractivity contribution in [3.8, 4) is 5.69 Å². The van der Waals surface area contributed by atoms with Crippen LogP contribution in [-0.2, 0) is 0 Å². The van der Waals surface area contributed by atoms with Crippen LogP contribution in [0.15, 0.2) is 146 Å². The van der Waals surface area contributed by atoms with Gasteiger partial charge >= 0.3 is 0 Å². The van der Waals surface area contributed by atoms with E-state index in [1.54, 1.807) is 0 Å². The molecule has 0 saturated heterocycles. The number of hydrogen-bond donors (Lipinski definition) is 0. The van der Waals surface area contributed by atoms with Crippen molar-refractivity contribution >= 4 is 131 Å². The summed E-state index contributed by atoms with van der Waals surface area (Å²) in [4.78, 5) is 0. The zero-order valence-electron chi connectivity index (χ0n) is 31.0. The van der Waals surface area contributed by atoms with Crippen molar-refractivity contribution in [2.24, 2.45) is 0 Å². The third-order valence-electron chi connectivity index (χ3n) is 14.8. The van der Waals surface area contributed by atoms with E-state index in [1.165, 1.54) is 148 Å². The van der Waals surface area contributed by atoms with E-state index in [0.29, 0.717) is 5.92 Å². The van der Waals surface area contributed by atoms with Crippen LogP contribution >= 0.6 is 0 Å². The van der Waals surface area contributed by atoms with Gasteiger partial charge in [0.1, 0.15) is 0 Å². The predicted octanol–water partition coefficient (Wildman–Crippen LogP) is 13.9. The quantitative estimate of drug-likeness (QED) is 0.148. The Labute approximate surface area is 328 Å². The Balaban J connectivity index is 1.10. The number of benzene rings is 8. The summed E-state index contributed by atoms with van der Waals surface area (Å²) >= 11 is 0. The fourth-order valence-corrected chi connectivity index (χ4v) is 12.8. The van der Waals surface area contributed by atoms with E-state index in [-0.39, 0.29) is 0 Å². The van der Waals surface area contributed by atoms with Gasteiger partial charge in [-0.05, 0) is 36.2 Å². The number of hydrogen-bond acceptors (Lipinski definition) is 0. The molecule has 15 aromatic rings. The lowest BCUT2D eigenvalue weighted by Crippen LogP contribution is -2.00. The molecule has 4 heteroatoms. The normalized spacial score (nSPS) is 15.6. The van der Waals surface area contributed by atoms with Gasteiger partial charge in [-0.2, -0.15) is 0 Å². The van der Waals surface area contributed by atoms with E-state index in [2.05, 4.69) is 169 Å². The monoisotopic (exact) mass is 732 g/mol. The number of allylic oxidation sites excluding steroid dienone is 1. The highest BCUT2D eigenvalue weighted by Gasteiger charge is 2.36. The third kappa shape index (κ3) is 2.71. The average molecular weight is 733 g/mol. The van der Waals surface area contributed by atoms with Crippen LogP contribution in [0.4, 0.5) is 0 Å². The molecule has 2 aliphatic rings. The highest BCUT2D eigenvalue weighted by atomic mass is 15.1. The fraction of sp³-hybridized carbons (Fsp3) is 0.0370. The molecule has 1 atom stereocenters. The maximum Gasteiger partial charge on any atom is 0.0789 e. The van der Waals surface area contributed by atoms with Crippen molar-refractivity contribution in [1.82, 2.24) is 17.8 Å². The van der Waals surface area contributed by atoms with Crippen LogP contribution in [0.5, 0.6) is 0 Å². The first-order valence-electron chi connectivity index (χ1n) is 20.6. The molecule has 1 unspecified atom stereocenters. The third-order valence-corrected chi connectivity index (χ3v) is 14.8. The Morgan fingerprint density at radius 1 is 0.362 bits per heavy atom. The summed E-state index contributed by atoms with van der Waals surface area (Å²) in [5.41, 5.74) is 18.6. The second-order valence-corrected chi connectivity index (χ2v) is 17.1. The Morgan fingerprint density at radius 2 is 0.828 bits per heavy atom. The highest BCUT2D eigenvalue weighted by molar-refractivity contribution is 6.34. The van der Waals surface area contributed by atoms with Gasteiger partial charge in [0.2, 0.25) is 0 Å². The van der Waals surface area contributed by atoms with Crippen LogP contribution in [0, 0.1) is 0 Å². The molecule has 264 valence electrons. The Morgan fingerprint density at radius 3 is 1.47 bits per heavy atom. The summed E-state index contributed by atoms with van der Waals surface area (Å²) in [5.74, 6) is 0.396. The summed E-state index contributed by atoms with van der Waals surface area (Å²) in [6.07, 6.45) is 5.83. The van der Waals surface area contributed by atoms with E-state index in [1.807, 2.05) is 0 Å². The maximum absolute atomic E-state index is 2.63. The van der Waals surface area contributed by atoms with Crippen LogP contribution in [0.25, 0.3) is 137 Å². The van der Waals surface area contributed by atoms with Gasteiger partial charge in [0, 0.05) is 92.9 Å². The standard InChI is InChI=1S/C54H28N4/c1-3-19-43-27(9-1)29-11-5-13-31-37-21-23-39-33-15-7-17-35-41-26-46-42(25-45(41)57(49(33)35)53(39)51(37)55(43)47(29)31)36-18-8-16-34-40-24-22-38-32-14-6-12-30-28-10-2-4-20-44(28)56(48(30)32)52(38)54(40)58(46)50(34)36/h1-11,13-26,30H,12H2. The predicted molar refractivity (Wildman–Crippen MR) is 243 cm³/mol. The first kappa shape index (κ1) is 27.9. The van der Waals surface area contributed by atoms with Crippen LogP contribution < -0.4 is 0 Å². The van der Waals surface area contributed by atoms with Gasteiger partial charge in [-0.15, -0.1) is 0 Å². The largest absolute Gasteiger partial charge is 0.310 e. The molecule has 0 N–H and O–H groups in total. The molecule has 0 spiro atoms. The molecule has 1 aliphatic heterocycles. The summed E-state index contributed by atoms with van der Waals surface area (Å²) < 4.78 is 10.4. The molecule has 0 fully saturated rings. The summed E-state index contributed by atoms with van der Waals surface area (Å²) in [5, 5.41) is 17.1. The van der Waals surface area contributed by atoms with Crippen molar-refractivity contribution in [3.63, 3.8) is 0 Å². The van der Waals surface area contributed by atoms with Gasteiger partial charge in [-0.1, -0.05) is 127 Å². The molecule has 8 aromatic carbocycles. The van der Waals surface area contributed by atoms with E-state index in [4.69, 9.17) is 0 Å². The molecule has 0 amide bonds. The zero-order chi connectivity index (χ0) is 36.9. The SMILES string of the molecule is C1=Cc2c3n(c4c2ccc2c5cccc6c7cc8c(cc7n(c65)c24)c2cccc4c5ccc6c7cccc9c%10ccccc%10n(c97)c6c5n8c24)-c2ccccc2C3C1. The number of aromatic nitrogens is 4. The van der Waals surface area contributed by atoms with Gasteiger partial charge in [0.15, 0.2) is 0 Å². The molecular formula is C54H28N4. The van der Waals surface area contributed by atoms with E-state index in [0.717, 1.165) is 6.42 Å². The molecular weight excluding hydrogens is 705 g/mol. The summed E-state index contributed by atoms with van der Waals surface area (Å²) in [7, 11) is 0. The van der Waals surface area contributed by atoms with E-state index < -0.39 is 0 Å². The van der Waals surface area contributed by atoms with Crippen LogP contribution in [0.1, 0.15) is 29.2 Å². The average Bonchev–Trinajstić information content (AvgIpc) is 4.15. The van der Waals surface area contributed by atoms with E-state index in [9.17, 15) is 0 Å². The highest BCUT2D eigenvalue weighted by Crippen LogP contribution is 2.53. The Kier molecular flexibility index (Phi) is 4.27. The molecule has 0 saturated carbocycles. The molecule has 1 aliphatic carbocycles.